The van der Waals surface area contributed by atoms with Crippen LogP contribution in [0, 0.1) is 13.5 Å². The van der Waals surface area contributed by atoms with Crippen molar-refractivity contribution >= 4 is 18.3 Å². The first-order valence-electron chi connectivity index (χ1n) is 7.42. The van der Waals surface area contributed by atoms with Gasteiger partial charge in [-0.1, -0.05) is 5.69 Å². The number of benzene rings is 1. The molecule has 1 aliphatic rings. The fourth-order valence-electron chi connectivity index (χ4n) is 2.40. The summed E-state index contributed by atoms with van der Waals surface area (Å²) in [6.07, 6.45) is 3.36. The molecule has 3 N–H and O–H groups in total. The molecule has 0 spiro atoms. The van der Waals surface area contributed by atoms with Crippen LogP contribution in [-0.4, -0.2) is 58.0 Å². The Hall–Kier alpha value is -0.460. The van der Waals surface area contributed by atoms with Gasteiger partial charge in [0.15, 0.2) is 0 Å². The Morgan fingerprint density at radius 3 is 2.29 bits per heavy atom. The fourth-order valence-corrected chi connectivity index (χ4v) is 2.40. The van der Waals surface area contributed by atoms with E-state index in [2.05, 4.69) is 16.4 Å². The number of urea groups is 1. The van der Waals surface area contributed by atoms with Crippen molar-refractivity contribution in [2.75, 3.05) is 31.5 Å². The van der Waals surface area contributed by atoms with E-state index in [1.54, 1.807) is 41.4 Å². The van der Waals surface area contributed by atoms with Crippen LogP contribution in [0.25, 0.3) is 11.8 Å². The molecule has 1 aromatic carbocycles. The van der Waals surface area contributed by atoms with Gasteiger partial charge in [-0.05, 0) is 6.07 Å². The van der Waals surface area contributed by atoms with Crippen molar-refractivity contribution in [2.45, 2.75) is 0 Å². The first-order valence-corrected chi connectivity index (χ1v) is 7.42. The van der Waals surface area contributed by atoms with Crippen LogP contribution in [0.4, 0.5) is 10.6 Å². The van der Waals surface area contributed by atoms with E-state index in [-0.39, 0.29) is 110 Å². The van der Waals surface area contributed by atoms with E-state index in [0.717, 1.165) is 0 Å². The van der Waals surface area contributed by atoms with E-state index in [1.807, 2.05) is 6.41 Å². The van der Waals surface area contributed by atoms with Crippen molar-refractivity contribution < 1.29 is 93.7 Å². The summed E-state index contributed by atoms with van der Waals surface area (Å²) in [6, 6.07) is 11.0. The third-order valence-electron chi connectivity index (χ3n) is 3.71. The van der Waals surface area contributed by atoms with Crippen LogP contribution < -0.4 is 62.4 Å². The van der Waals surface area contributed by atoms with Crippen molar-refractivity contribution in [1.82, 2.24) is 19.4 Å². The molecule has 3 amide bonds. The van der Waals surface area contributed by atoms with Gasteiger partial charge in [-0.15, -0.1) is 12.1 Å². The van der Waals surface area contributed by atoms with Crippen molar-refractivity contribution in [3.63, 3.8) is 0 Å². The monoisotopic (exact) mass is 484 g/mol. The zero-order valence-electron chi connectivity index (χ0n) is 16.0. The summed E-state index contributed by atoms with van der Waals surface area (Å²) in [5, 5.41) is 2.60. The first-order chi connectivity index (χ1) is 11.7. The van der Waals surface area contributed by atoms with Crippen LogP contribution in [0.1, 0.15) is 0 Å². The molecule has 1 aromatic heterocycles. The van der Waals surface area contributed by atoms with Gasteiger partial charge in [-0.2, -0.15) is 29.6 Å². The standard InChI is InChI=1S/C16H15N5O3.CH3.K.H2N.Y/c22-12-19-8-10-20(11-9-19)15(23)17-14-6-7-21(16(24)18-14)13-4-2-1-3-5-13;;;;/h2-7H,8-11H2,(H,17,18,23,24);1H3;;1H2;/q-2;-1;+1;-1;. The van der Waals surface area contributed by atoms with Crippen LogP contribution in [0.2, 0.25) is 0 Å². The minimum atomic E-state index is -0.487. The maximum atomic E-state index is 12.2. The van der Waals surface area contributed by atoms with Crippen LogP contribution >= 0.6 is 0 Å². The van der Waals surface area contributed by atoms with Crippen molar-refractivity contribution in [3.05, 3.63) is 66.7 Å². The van der Waals surface area contributed by atoms with E-state index in [4.69, 9.17) is 0 Å². The molecule has 0 aliphatic carbocycles. The van der Waals surface area contributed by atoms with Crippen molar-refractivity contribution in [3.8, 4) is 5.69 Å². The van der Waals surface area contributed by atoms with Gasteiger partial charge in [0.1, 0.15) is 5.82 Å². The number of hydrogen-bond donors (Lipinski definition) is 1. The number of amides is 3. The predicted octanol–water partition coefficient (Wildman–Crippen LogP) is -1.58. The molecule has 143 valence electrons. The van der Waals surface area contributed by atoms with E-state index in [9.17, 15) is 14.4 Å². The maximum absolute atomic E-state index is 12.2. The third kappa shape index (κ3) is 7.75. The zero-order chi connectivity index (χ0) is 16.9. The Morgan fingerprint density at radius 2 is 1.75 bits per heavy atom. The Bertz CT molecular complexity index is 797. The second kappa shape index (κ2) is 14.5. The topological polar surface area (TPSA) is 121 Å². The van der Waals surface area contributed by atoms with Gasteiger partial charge < -0.3 is 28.2 Å². The minimum Gasteiger partial charge on any atom is -0.693 e. The number of nitrogens with one attached hydrogen (secondary N) is 1. The molecule has 1 fully saturated rings. The number of hydrogen-bond acceptors (Lipinski definition) is 4. The van der Waals surface area contributed by atoms with Crippen molar-refractivity contribution in [1.29, 1.82) is 0 Å². The normalized spacial score (nSPS) is 12.3. The molecule has 0 atom stereocenters. The summed E-state index contributed by atoms with van der Waals surface area (Å²) in [5.41, 5.74) is 0.185. The Balaban J connectivity index is 0. The van der Waals surface area contributed by atoms with E-state index < -0.39 is 5.69 Å². The number of aromatic nitrogens is 2. The van der Waals surface area contributed by atoms with Gasteiger partial charge in [-0.25, -0.2) is 9.59 Å². The molecule has 28 heavy (non-hydrogen) atoms. The van der Waals surface area contributed by atoms with Gasteiger partial charge >= 0.3 is 63.1 Å². The predicted molar refractivity (Wildman–Crippen MR) is 98.2 cm³/mol. The second-order valence-corrected chi connectivity index (χ2v) is 5.22. The quantitative estimate of drug-likeness (QED) is 0.418. The number of anilines is 1. The van der Waals surface area contributed by atoms with Gasteiger partial charge in [0, 0.05) is 65.1 Å². The summed E-state index contributed by atoms with van der Waals surface area (Å²) < 4.78 is 1.38. The third-order valence-corrected chi connectivity index (χ3v) is 3.71. The van der Waals surface area contributed by atoms with E-state index in [1.165, 1.54) is 9.47 Å². The number of piperazine rings is 1. The van der Waals surface area contributed by atoms with Gasteiger partial charge in [0.25, 0.3) is 0 Å². The molecule has 1 radical (unpaired) electrons. The summed E-state index contributed by atoms with van der Waals surface area (Å²) >= 11 is 0. The van der Waals surface area contributed by atoms with Crippen LogP contribution in [0.5, 0.6) is 0 Å². The second-order valence-electron chi connectivity index (χ2n) is 5.22. The van der Waals surface area contributed by atoms with E-state index >= 15 is 0 Å². The number of carbonyl (C=O) groups excluding carboxylic acids is 2. The molecule has 1 aliphatic heterocycles. The summed E-state index contributed by atoms with van der Waals surface area (Å²) in [4.78, 5) is 41.8. The largest absolute Gasteiger partial charge is 1.00 e. The smallest absolute Gasteiger partial charge is 0.693 e. The number of rotatable bonds is 3. The molecule has 0 saturated carbocycles. The Labute approximate surface area is 232 Å². The van der Waals surface area contributed by atoms with Gasteiger partial charge in [-0.3, -0.25) is 9.88 Å². The Morgan fingerprint density at radius 1 is 1.14 bits per heavy atom. The van der Waals surface area contributed by atoms with Crippen LogP contribution in [-0.2, 0) is 37.5 Å². The molecule has 1 saturated heterocycles. The van der Waals surface area contributed by atoms with Gasteiger partial charge in [0.05, 0.1) is 0 Å². The molecular formula is C17H20KN6O3Y-3. The molecule has 3 rings (SSSR count). The minimum absolute atomic E-state index is 0. The molecular weight excluding hydrogens is 464 g/mol. The summed E-state index contributed by atoms with van der Waals surface area (Å²) in [5.74, 6) is 0.188. The summed E-state index contributed by atoms with van der Waals surface area (Å²) in [7, 11) is 0. The Kier molecular flexibility index (Phi) is 15.4. The SMILES string of the molecule is O=[C-]N1CCN(C(=O)Nc2ccn(-c3cc[c-]cc3)c(=O)n2)CC1.[CH3-].[K+].[NH2-].[Y]. The van der Waals surface area contributed by atoms with Crippen LogP contribution in [0.3, 0.4) is 0 Å². The fraction of sp³-hybridized carbons (Fsp3) is 0.235. The van der Waals surface area contributed by atoms with Crippen LogP contribution in [0.15, 0.2) is 41.3 Å². The number of nitrogens with two attached hydrogens (primary N) is 1. The van der Waals surface area contributed by atoms with Gasteiger partial charge in [0.2, 0.25) is 0 Å². The first kappa shape index (κ1) is 29.7. The number of nitrogens with zero attached hydrogens (tertiary/aromatic N) is 4. The van der Waals surface area contributed by atoms with E-state index in [0.29, 0.717) is 31.9 Å². The summed E-state index contributed by atoms with van der Waals surface area (Å²) in [6.45, 7) is 1.71. The molecule has 11 heteroatoms. The van der Waals surface area contributed by atoms with Crippen molar-refractivity contribution in [2.24, 2.45) is 0 Å². The average molecular weight is 484 g/mol. The molecule has 0 unspecified atom stereocenters. The molecule has 0 bridgehead atoms. The zero-order valence-corrected chi connectivity index (χ0v) is 21.9. The number of carbonyl (C=O) groups is 1. The maximum Gasteiger partial charge on any atom is 1.00 e. The molecule has 2 heterocycles. The average Bonchev–Trinajstić information content (AvgIpc) is 2.62. The molecule has 9 nitrogen and oxygen atoms in total. The molecule has 2 aromatic rings.